The van der Waals surface area contributed by atoms with Crippen LogP contribution >= 0.6 is 0 Å². The zero-order chi connectivity index (χ0) is 17.6. The number of rotatable bonds is 4. The van der Waals surface area contributed by atoms with Gasteiger partial charge in [0.05, 0.1) is 6.33 Å². The molecule has 0 bridgehead atoms. The van der Waals surface area contributed by atoms with Crippen molar-refractivity contribution in [1.82, 2.24) is 19.7 Å². The van der Waals surface area contributed by atoms with Crippen molar-refractivity contribution in [2.24, 2.45) is 13.0 Å². The maximum Gasteiger partial charge on any atom is 0.229 e. The van der Waals surface area contributed by atoms with Gasteiger partial charge in [0.2, 0.25) is 5.91 Å². The van der Waals surface area contributed by atoms with Crippen LogP contribution in [0.25, 0.3) is 11.1 Å². The van der Waals surface area contributed by atoms with Crippen molar-refractivity contribution in [2.75, 3.05) is 5.32 Å². The first kappa shape index (κ1) is 15.6. The van der Waals surface area contributed by atoms with E-state index in [1.807, 2.05) is 18.5 Å². The third-order valence-corrected chi connectivity index (χ3v) is 4.68. The summed E-state index contributed by atoms with van der Waals surface area (Å²) in [5.74, 6) is 0.244. The molecule has 0 saturated heterocycles. The largest absolute Gasteiger partial charge is 0.337 e. The van der Waals surface area contributed by atoms with E-state index in [0.29, 0.717) is 5.82 Å². The number of hydrogen-bond acceptors (Lipinski definition) is 3. The minimum atomic E-state index is -0.299. The van der Waals surface area contributed by atoms with Crippen LogP contribution in [0.4, 0.5) is 10.2 Å². The van der Waals surface area contributed by atoms with E-state index >= 15 is 0 Å². The van der Waals surface area contributed by atoms with E-state index in [0.717, 1.165) is 28.9 Å². The minimum absolute atomic E-state index is 0.0546. The van der Waals surface area contributed by atoms with Crippen molar-refractivity contribution in [3.05, 3.63) is 54.0 Å². The zero-order valence-electron chi connectivity index (χ0n) is 14.0. The molecule has 4 rings (SSSR count). The van der Waals surface area contributed by atoms with E-state index in [-0.39, 0.29) is 23.6 Å². The van der Waals surface area contributed by atoms with Crippen molar-refractivity contribution in [2.45, 2.75) is 19.3 Å². The summed E-state index contributed by atoms with van der Waals surface area (Å²) < 4.78 is 15.1. The highest BCUT2D eigenvalue weighted by Crippen LogP contribution is 2.48. The maximum atomic E-state index is 13.2. The first-order valence-electron chi connectivity index (χ1n) is 8.12. The van der Waals surface area contributed by atoms with E-state index in [2.05, 4.69) is 20.5 Å². The minimum Gasteiger partial charge on any atom is -0.337 e. The molecule has 3 aromatic rings. The molecule has 2 aromatic heterocycles. The monoisotopic (exact) mass is 339 g/mol. The van der Waals surface area contributed by atoms with Gasteiger partial charge in [-0.3, -0.25) is 9.89 Å². The lowest BCUT2D eigenvalue weighted by Gasteiger charge is -2.07. The summed E-state index contributed by atoms with van der Waals surface area (Å²) in [4.78, 5) is 16.7. The average Bonchev–Trinajstić information content (AvgIpc) is 3.15. The van der Waals surface area contributed by atoms with E-state index in [9.17, 15) is 9.18 Å². The van der Waals surface area contributed by atoms with Gasteiger partial charge in [-0.1, -0.05) is 12.1 Å². The van der Waals surface area contributed by atoms with Gasteiger partial charge in [-0.25, -0.2) is 9.37 Å². The summed E-state index contributed by atoms with van der Waals surface area (Å²) in [5.41, 5.74) is 3.48. The molecule has 128 valence electrons. The van der Waals surface area contributed by atoms with Crippen LogP contribution in [0.15, 0.2) is 36.8 Å². The number of aryl methyl sites for hydroxylation is 2. The molecule has 0 radical (unpaired) electrons. The van der Waals surface area contributed by atoms with Gasteiger partial charge in [0.15, 0.2) is 5.82 Å². The van der Waals surface area contributed by atoms with Gasteiger partial charge in [0.25, 0.3) is 0 Å². The van der Waals surface area contributed by atoms with Gasteiger partial charge in [-0.2, -0.15) is 5.10 Å². The number of anilines is 1. The summed E-state index contributed by atoms with van der Waals surface area (Å²) in [7, 11) is 1.93. The molecule has 2 N–H and O–H groups in total. The number of nitrogens with zero attached hydrogens (tertiary/aromatic N) is 3. The lowest BCUT2D eigenvalue weighted by Crippen LogP contribution is -2.15. The Bertz CT molecular complexity index is 927. The average molecular weight is 339 g/mol. The Labute approximate surface area is 144 Å². The summed E-state index contributed by atoms with van der Waals surface area (Å²) in [5, 5.41) is 10.0. The van der Waals surface area contributed by atoms with Crippen LogP contribution in [0, 0.1) is 18.7 Å². The Balaban J connectivity index is 1.53. The number of carbonyl (C=O) groups excluding carboxylic acids is 1. The van der Waals surface area contributed by atoms with Crippen LogP contribution in [0.3, 0.4) is 0 Å². The predicted molar refractivity (Wildman–Crippen MR) is 91.4 cm³/mol. The molecule has 0 unspecified atom stereocenters. The molecule has 7 heteroatoms. The Morgan fingerprint density at radius 1 is 1.36 bits per heavy atom. The molecule has 2 atom stereocenters. The summed E-state index contributed by atoms with van der Waals surface area (Å²) in [6, 6.07) is 6.15. The molecule has 1 fully saturated rings. The molecule has 1 saturated carbocycles. The smallest absolute Gasteiger partial charge is 0.229 e. The van der Waals surface area contributed by atoms with Gasteiger partial charge in [-0.05, 0) is 31.0 Å². The molecule has 0 aliphatic heterocycles. The number of aromatic nitrogens is 4. The number of aromatic amines is 1. The molecule has 2 heterocycles. The first-order valence-corrected chi connectivity index (χ1v) is 8.12. The Kier molecular flexibility index (Phi) is 3.63. The van der Waals surface area contributed by atoms with Crippen molar-refractivity contribution < 1.29 is 9.18 Å². The predicted octanol–water partition coefficient (Wildman–Crippen LogP) is 3.00. The number of amides is 1. The van der Waals surface area contributed by atoms with Gasteiger partial charge in [-0.15, -0.1) is 0 Å². The number of benzene rings is 1. The highest BCUT2D eigenvalue weighted by molar-refractivity contribution is 5.98. The van der Waals surface area contributed by atoms with Gasteiger partial charge in [0.1, 0.15) is 5.82 Å². The van der Waals surface area contributed by atoms with E-state index in [1.54, 1.807) is 24.7 Å². The third-order valence-electron chi connectivity index (χ3n) is 4.68. The molecule has 0 spiro atoms. The quantitative estimate of drug-likeness (QED) is 0.767. The standard InChI is InChI=1S/C18H18FN5O/c1-10-16(11-3-5-12(19)6-4-11)17(23-22-10)21-18(25)14-7-13(14)15-8-20-9-24(15)2/h3-6,8-9,13-14H,7H2,1-2H3,(H2,21,22,23,25)/t13-,14-/m1/s1. The van der Waals surface area contributed by atoms with E-state index in [1.165, 1.54) is 12.1 Å². The Hall–Kier alpha value is -2.96. The highest BCUT2D eigenvalue weighted by atomic mass is 19.1. The van der Waals surface area contributed by atoms with Crippen LogP contribution < -0.4 is 5.32 Å². The SMILES string of the molecule is Cc1[nH]nc(NC(=O)[C@@H]2C[C@H]2c2cncn2C)c1-c1ccc(F)cc1. The van der Waals surface area contributed by atoms with Crippen molar-refractivity contribution >= 4 is 11.7 Å². The fourth-order valence-corrected chi connectivity index (χ4v) is 3.24. The number of H-pyrrole nitrogens is 1. The lowest BCUT2D eigenvalue weighted by molar-refractivity contribution is -0.117. The highest BCUT2D eigenvalue weighted by Gasteiger charge is 2.45. The number of carbonyl (C=O) groups is 1. The molecule has 6 nitrogen and oxygen atoms in total. The molecule has 1 amide bonds. The van der Waals surface area contributed by atoms with Crippen molar-refractivity contribution in [3.8, 4) is 11.1 Å². The fourth-order valence-electron chi connectivity index (χ4n) is 3.24. The Morgan fingerprint density at radius 2 is 2.12 bits per heavy atom. The van der Waals surface area contributed by atoms with E-state index in [4.69, 9.17) is 0 Å². The second-order valence-electron chi connectivity index (χ2n) is 6.45. The zero-order valence-corrected chi connectivity index (χ0v) is 14.0. The summed E-state index contributed by atoms with van der Waals surface area (Å²) in [6.45, 7) is 1.87. The van der Waals surface area contributed by atoms with Crippen LogP contribution in [-0.2, 0) is 11.8 Å². The molecular weight excluding hydrogens is 321 g/mol. The van der Waals surface area contributed by atoms with E-state index < -0.39 is 0 Å². The van der Waals surface area contributed by atoms with Crippen LogP contribution in [-0.4, -0.2) is 25.7 Å². The normalized spacial score (nSPS) is 19.0. The second-order valence-corrected chi connectivity index (χ2v) is 6.45. The third kappa shape index (κ3) is 2.82. The topological polar surface area (TPSA) is 75.6 Å². The van der Waals surface area contributed by atoms with Gasteiger partial charge in [0, 0.05) is 42.0 Å². The number of nitrogens with one attached hydrogen (secondary N) is 2. The summed E-state index contributed by atoms with van der Waals surface area (Å²) >= 11 is 0. The van der Waals surface area contributed by atoms with Crippen LogP contribution in [0.1, 0.15) is 23.7 Å². The second kappa shape index (κ2) is 5.84. The molecular formula is C18H18FN5O. The summed E-state index contributed by atoms with van der Waals surface area (Å²) in [6.07, 6.45) is 4.35. The van der Waals surface area contributed by atoms with Crippen LogP contribution in [0.2, 0.25) is 0 Å². The Morgan fingerprint density at radius 3 is 2.80 bits per heavy atom. The molecule has 1 aliphatic carbocycles. The maximum absolute atomic E-state index is 13.2. The molecule has 1 aromatic carbocycles. The fraction of sp³-hybridized carbons (Fsp3) is 0.278. The van der Waals surface area contributed by atoms with Crippen molar-refractivity contribution in [3.63, 3.8) is 0 Å². The number of hydrogen-bond donors (Lipinski definition) is 2. The van der Waals surface area contributed by atoms with Gasteiger partial charge < -0.3 is 9.88 Å². The van der Waals surface area contributed by atoms with Crippen LogP contribution in [0.5, 0.6) is 0 Å². The molecule has 25 heavy (non-hydrogen) atoms. The van der Waals surface area contributed by atoms with Gasteiger partial charge >= 0.3 is 0 Å². The van der Waals surface area contributed by atoms with Crippen molar-refractivity contribution in [1.29, 1.82) is 0 Å². The number of halogens is 1. The number of imidazole rings is 1. The molecule has 1 aliphatic rings. The first-order chi connectivity index (χ1) is 12.0. The lowest BCUT2D eigenvalue weighted by atomic mass is 10.1.